The molecule has 0 spiro atoms. The SMILES string of the molecule is O=C(O)C[C@H]1CN(C2=Nc3cc(Cl)ccc3Oc3ccccc32)CCN1. The molecule has 2 aromatic rings. The van der Waals surface area contributed by atoms with Gasteiger partial charge < -0.3 is 20.1 Å². The fraction of sp³-hybridized carbons (Fsp3) is 0.263. The molecule has 0 amide bonds. The Hall–Kier alpha value is -2.57. The zero-order valence-corrected chi connectivity index (χ0v) is 14.7. The predicted molar refractivity (Wildman–Crippen MR) is 99.8 cm³/mol. The number of halogens is 1. The Morgan fingerprint density at radius 3 is 3.00 bits per heavy atom. The van der Waals surface area contributed by atoms with Crippen LogP contribution in [0.3, 0.4) is 0 Å². The number of piperazine rings is 1. The van der Waals surface area contributed by atoms with Crippen LogP contribution in [0.15, 0.2) is 47.5 Å². The molecule has 4 rings (SSSR count). The quantitative estimate of drug-likeness (QED) is 0.847. The van der Waals surface area contributed by atoms with E-state index in [1.165, 1.54) is 0 Å². The van der Waals surface area contributed by atoms with Gasteiger partial charge in [-0.3, -0.25) is 4.79 Å². The number of hydrogen-bond donors (Lipinski definition) is 2. The van der Waals surface area contributed by atoms with Gasteiger partial charge in [0.25, 0.3) is 0 Å². The summed E-state index contributed by atoms with van der Waals surface area (Å²) in [4.78, 5) is 18.0. The first-order valence-corrected chi connectivity index (χ1v) is 8.83. The zero-order valence-electron chi connectivity index (χ0n) is 14.0. The maximum absolute atomic E-state index is 11.1. The van der Waals surface area contributed by atoms with Gasteiger partial charge in [0.15, 0.2) is 5.75 Å². The van der Waals surface area contributed by atoms with Crippen LogP contribution < -0.4 is 10.1 Å². The maximum Gasteiger partial charge on any atom is 0.304 e. The predicted octanol–water partition coefficient (Wildman–Crippen LogP) is 3.27. The number of nitrogens with one attached hydrogen (secondary N) is 1. The van der Waals surface area contributed by atoms with Gasteiger partial charge in [-0.2, -0.15) is 0 Å². The minimum absolute atomic E-state index is 0.0738. The van der Waals surface area contributed by atoms with Crippen LogP contribution in [0, 0.1) is 0 Å². The Bertz CT molecular complexity index is 884. The Labute approximate surface area is 156 Å². The van der Waals surface area contributed by atoms with Crippen molar-refractivity contribution in [2.45, 2.75) is 12.5 Å². The molecule has 0 unspecified atom stereocenters. The first-order valence-electron chi connectivity index (χ1n) is 8.46. The summed E-state index contributed by atoms with van der Waals surface area (Å²) in [5.74, 6) is 1.33. The van der Waals surface area contributed by atoms with Gasteiger partial charge in [-0.15, -0.1) is 0 Å². The van der Waals surface area contributed by atoms with Crippen LogP contribution >= 0.6 is 11.6 Å². The molecule has 0 radical (unpaired) electrons. The minimum Gasteiger partial charge on any atom is -0.481 e. The molecule has 2 aromatic carbocycles. The first kappa shape index (κ1) is 16.9. The van der Waals surface area contributed by atoms with Crippen molar-refractivity contribution in [1.82, 2.24) is 10.2 Å². The second-order valence-electron chi connectivity index (χ2n) is 6.34. The van der Waals surface area contributed by atoms with Crippen molar-refractivity contribution in [1.29, 1.82) is 0 Å². The number of amidine groups is 1. The third-order valence-corrected chi connectivity index (χ3v) is 4.71. The molecule has 26 heavy (non-hydrogen) atoms. The second kappa shape index (κ2) is 6.97. The standard InChI is InChI=1S/C19H18ClN3O3/c20-12-5-6-17-15(9-12)22-19(14-3-1-2-4-16(14)26-17)23-8-7-21-13(11-23)10-18(24)25/h1-6,9,13,21H,7-8,10-11H2,(H,24,25)/t13-/m0/s1. The third kappa shape index (κ3) is 3.38. The Morgan fingerprint density at radius 2 is 2.15 bits per heavy atom. The molecule has 7 heteroatoms. The lowest BCUT2D eigenvalue weighted by molar-refractivity contribution is -0.137. The van der Waals surface area contributed by atoms with Gasteiger partial charge >= 0.3 is 5.97 Å². The molecule has 0 bridgehead atoms. The highest BCUT2D eigenvalue weighted by Gasteiger charge is 2.28. The van der Waals surface area contributed by atoms with Crippen LogP contribution in [-0.2, 0) is 4.79 Å². The largest absolute Gasteiger partial charge is 0.481 e. The second-order valence-corrected chi connectivity index (χ2v) is 6.78. The lowest BCUT2D eigenvalue weighted by atomic mass is 10.1. The van der Waals surface area contributed by atoms with Gasteiger partial charge in [0, 0.05) is 30.7 Å². The molecule has 2 N–H and O–H groups in total. The van der Waals surface area contributed by atoms with Crippen LogP contribution in [0.2, 0.25) is 5.02 Å². The van der Waals surface area contributed by atoms with Crippen LogP contribution in [-0.4, -0.2) is 47.5 Å². The number of hydrogen-bond acceptors (Lipinski definition) is 5. The van der Waals surface area contributed by atoms with Gasteiger partial charge in [-0.25, -0.2) is 4.99 Å². The summed E-state index contributed by atoms with van der Waals surface area (Å²) in [5.41, 5.74) is 1.55. The van der Waals surface area contributed by atoms with E-state index in [9.17, 15) is 4.79 Å². The van der Waals surface area contributed by atoms with Crippen molar-refractivity contribution in [2.24, 2.45) is 4.99 Å². The summed E-state index contributed by atoms with van der Waals surface area (Å²) in [5, 5.41) is 12.9. The van der Waals surface area contributed by atoms with E-state index in [1.807, 2.05) is 30.3 Å². The van der Waals surface area contributed by atoms with Crippen LogP contribution in [0.1, 0.15) is 12.0 Å². The molecular weight excluding hydrogens is 354 g/mol. The van der Waals surface area contributed by atoms with E-state index in [2.05, 4.69) is 10.2 Å². The lowest BCUT2D eigenvalue weighted by Crippen LogP contribution is -2.53. The summed E-state index contributed by atoms with van der Waals surface area (Å²) in [7, 11) is 0. The average molecular weight is 372 g/mol. The summed E-state index contributed by atoms with van der Waals surface area (Å²) >= 11 is 6.14. The first-order chi connectivity index (χ1) is 12.6. The van der Waals surface area contributed by atoms with Gasteiger partial charge in [0.1, 0.15) is 17.3 Å². The third-order valence-electron chi connectivity index (χ3n) is 4.47. The van der Waals surface area contributed by atoms with Gasteiger partial charge in [-0.05, 0) is 30.3 Å². The van der Waals surface area contributed by atoms with Crippen molar-refractivity contribution < 1.29 is 14.6 Å². The molecule has 0 aliphatic carbocycles. The van der Waals surface area contributed by atoms with Crippen molar-refractivity contribution in [2.75, 3.05) is 19.6 Å². The lowest BCUT2D eigenvalue weighted by Gasteiger charge is -2.35. The van der Waals surface area contributed by atoms with Crippen molar-refractivity contribution in [3.05, 3.63) is 53.1 Å². The van der Waals surface area contributed by atoms with E-state index < -0.39 is 5.97 Å². The van der Waals surface area contributed by atoms with E-state index in [1.54, 1.807) is 12.1 Å². The molecule has 134 valence electrons. The number of carboxylic acid groups (broad SMARTS) is 1. The number of carbonyl (C=O) groups is 1. The highest BCUT2D eigenvalue weighted by Crippen LogP contribution is 2.39. The van der Waals surface area contributed by atoms with Crippen LogP contribution in [0.25, 0.3) is 0 Å². The zero-order chi connectivity index (χ0) is 18.1. The fourth-order valence-electron chi connectivity index (χ4n) is 3.30. The molecule has 1 atom stereocenters. The molecule has 2 heterocycles. The average Bonchev–Trinajstić information content (AvgIpc) is 2.78. The number of aliphatic imine (C=N–C) groups is 1. The highest BCUT2D eigenvalue weighted by atomic mass is 35.5. The summed E-state index contributed by atoms with van der Waals surface area (Å²) in [6.07, 6.45) is 0.0738. The van der Waals surface area contributed by atoms with Crippen molar-refractivity contribution in [3.8, 4) is 11.5 Å². The smallest absolute Gasteiger partial charge is 0.304 e. The monoisotopic (exact) mass is 371 g/mol. The Morgan fingerprint density at radius 1 is 1.31 bits per heavy atom. The highest BCUT2D eigenvalue weighted by molar-refractivity contribution is 6.31. The molecular formula is C19H18ClN3O3. The summed E-state index contributed by atoms with van der Waals surface area (Å²) in [6, 6.07) is 13.0. The van der Waals surface area contributed by atoms with Crippen molar-refractivity contribution >= 4 is 29.1 Å². The van der Waals surface area contributed by atoms with Crippen LogP contribution in [0.5, 0.6) is 11.5 Å². The van der Waals surface area contributed by atoms with E-state index >= 15 is 0 Å². The van der Waals surface area contributed by atoms with E-state index in [4.69, 9.17) is 26.4 Å². The number of carboxylic acids is 1. The van der Waals surface area contributed by atoms with Crippen LogP contribution in [0.4, 0.5) is 5.69 Å². The normalized spacial score (nSPS) is 18.9. The van der Waals surface area contributed by atoms with Gasteiger partial charge in [0.05, 0.1) is 12.0 Å². The number of ether oxygens (including phenoxy) is 1. The topological polar surface area (TPSA) is 74.2 Å². The summed E-state index contributed by atoms with van der Waals surface area (Å²) in [6.45, 7) is 2.00. The molecule has 0 saturated carbocycles. The van der Waals surface area contributed by atoms with E-state index in [0.29, 0.717) is 29.5 Å². The Kier molecular flexibility index (Phi) is 4.53. The number of aliphatic carboxylic acids is 1. The number of fused-ring (bicyclic) bond motifs is 2. The van der Waals surface area contributed by atoms with Gasteiger partial charge in [-0.1, -0.05) is 23.7 Å². The molecule has 1 fully saturated rings. The number of nitrogens with zero attached hydrogens (tertiary/aromatic N) is 2. The van der Waals surface area contributed by atoms with Gasteiger partial charge in [0.2, 0.25) is 0 Å². The number of benzene rings is 2. The molecule has 6 nitrogen and oxygen atoms in total. The molecule has 0 aromatic heterocycles. The van der Waals surface area contributed by atoms with E-state index in [-0.39, 0.29) is 12.5 Å². The van der Waals surface area contributed by atoms with E-state index in [0.717, 1.165) is 23.7 Å². The molecule has 1 saturated heterocycles. The Balaban J connectivity index is 1.76. The number of rotatable bonds is 2. The minimum atomic E-state index is -0.812. The molecule has 2 aliphatic rings. The summed E-state index contributed by atoms with van der Waals surface area (Å²) < 4.78 is 6.06. The number of para-hydroxylation sites is 1. The van der Waals surface area contributed by atoms with Crippen molar-refractivity contribution in [3.63, 3.8) is 0 Å². The maximum atomic E-state index is 11.1. The fourth-order valence-corrected chi connectivity index (χ4v) is 3.47. The molecule has 2 aliphatic heterocycles.